The van der Waals surface area contributed by atoms with Gasteiger partial charge in [-0.2, -0.15) is 0 Å². The van der Waals surface area contributed by atoms with Crippen LogP contribution in [0.3, 0.4) is 0 Å². The van der Waals surface area contributed by atoms with E-state index in [4.69, 9.17) is 21.2 Å². The lowest BCUT2D eigenvalue weighted by Gasteiger charge is -2.10. The predicted octanol–water partition coefficient (Wildman–Crippen LogP) is 2.69. The summed E-state index contributed by atoms with van der Waals surface area (Å²) in [6, 6.07) is 3.49. The number of benzene rings is 1. The molecule has 1 aromatic carbocycles. The molecule has 1 atom stereocenters. The van der Waals surface area contributed by atoms with Gasteiger partial charge in [-0.25, -0.2) is 8.78 Å². The van der Waals surface area contributed by atoms with Crippen molar-refractivity contribution >= 4 is 23.1 Å². The molecule has 1 aliphatic heterocycles. The van der Waals surface area contributed by atoms with Gasteiger partial charge in [0.05, 0.1) is 12.5 Å². The first-order valence-corrected chi connectivity index (χ1v) is 6.54. The second kappa shape index (κ2) is 6.65. The maximum absolute atomic E-state index is 13.3. The molecule has 1 aromatic rings. The van der Waals surface area contributed by atoms with Crippen molar-refractivity contribution in [3.05, 3.63) is 29.8 Å². The van der Waals surface area contributed by atoms with Gasteiger partial charge in [0, 0.05) is 12.8 Å². The molecule has 2 rings (SSSR count). The molecular weight excluding hydrogens is 292 g/mol. The molecule has 1 unspecified atom stereocenters. The number of hydrogen-bond acceptors (Lipinski definition) is 4. The van der Waals surface area contributed by atoms with Gasteiger partial charge in [-0.3, -0.25) is 4.79 Å². The lowest BCUT2D eigenvalue weighted by molar-refractivity contribution is -0.110. The number of carbonyl (C=O) groups is 1. The number of para-hydroxylation sites is 1. The minimum absolute atomic E-state index is 0.0559. The highest BCUT2D eigenvalue weighted by Gasteiger charge is 2.25. The molecule has 0 aromatic heterocycles. The molecule has 0 saturated heterocycles. The van der Waals surface area contributed by atoms with E-state index in [9.17, 15) is 13.6 Å². The van der Waals surface area contributed by atoms with Crippen LogP contribution in [-0.2, 0) is 9.63 Å². The topological polar surface area (TPSA) is 47.9 Å². The predicted molar refractivity (Wildman–Crippen MR) is 69.1 cm³/mol. The number of ether oxygens (including phenoxy) is 1. The Bertz CT molecular complexity index is 516. The van der Waals surface area contributed by atoms with E-state index >= 15 is 0 Å². The van der Waals surface area contributed by atoms with Gasteiger partial charge in [-0.05, 0) is 12.1 Å². The molecule has 108 valence electrons. The lowest BCUT2D eigenvalue weighted by atomic mass is 10.1. The van der Waals surface area contributed by atoms with E-state index < -0.39 is 17.4 Å². The first kappa shape index (κ1) is 14.7. The maximum atomic E-state index is 13.3. The Balaban J connectivity index is 1.79. The monoisotopic (exact) mass is 303 g/mol. The first-order chi connectivity index (χ1) is 9.61. The third-order valence-corrected chi connectivity index (χ3v) is 3.02. The van der Waals surface area contributed by atoms with E-state index in [0.29, 0.717) is 12.8 Å². The van der Waals surface area contributed by atoms with Gasteiger partial charge < -0.3 is 9.57 Å². The van der Waals surface area contributed by atoms with Crippen LogP contribution in [0.1, 0.15) is 12.8 Å². The summed E-state index contributed by atoms with van der Waals surface area (Å²) in [7, 11) is 0. The second-order valence-electron chi connectivity index (χ2n) is 4.21. The summed E-state index contributed by atoms with van der Waals surface area (Å²) in [5.41, 5.74) is 0.280. The Labute approximate surface area is 119 Å². The van der Waals surface area contributed by atoms with Gasteiger partial charge >= 0.3 is 0 Å². The standard InChI is InChI=1S/C13H12ClF2NO3/c14-7-12(18)11-6-8(20-17-11)4-5-19-13-9(15)2-1-3-10(13)16/h1-3,8H,4-7H2. The van der Waals surface area contributed by atoms with Gasteiger partial charge in [0.1, 0.15) is 11.8 Å². The Morgan fingerprint density at radius 1 is 1.45 bits per heavy atom. The van der Waals surface area contributed by atoms with E-state index in [1.807, 2.05) is 0 Å². The molecule has 20 heavy (non-hydrogen) atoms. The molecule has 1 heterocycles. The quantitative estimate of drug-likeness (QED) is 0.759. The van der Waals surface area contributed by atoms with Crippen LogP contribution in [0.2, 0.25) is 0 Å². The SMILES string of the molecule is O=C(CCl)C1=NOC(CCOc2c(F)cccc2F)C1. The van der Waals surface area contributed by atoms with Crippen LogP contribution in [-0.4, -0.2) is 30.1 Å². The Morgan fingerprint density at radius 3 is 2.80 bits per heavy atom. The van der Waals surface area contributed by atoms with Crippen LogP contribution in [0.15, 0.2) is 23.4 Å². The van der Waals surface area contributed by atoms with Gasteiger partial charge in [0.25, 0.3) is 0 Å². The van der Waals surface area contributed by atoms with Gasteiger partial charge in [0.2, 0.25) is 0 Å². The summed E-state index contributed by atoms with van der Waals surface area (Å²) in [5.74, 6) is -2.36. The minimum atomic E-state index is -0.758. The summed E-state index contributed by atoms with van der Waals surface area (Å²) in [6.45, 7) is 0.0559. The molecule has 0 fully saturated rings. The van der Waals surface area contributed by atoms with E-state index in [1.54, 1.807) is 0 Å². The van der Waals surface area contributed by atoms with E-state index in [1.165, 1.54) is 6.07 Å². The molecule has 7 heteroatoms. The molecule has 1 aliphatic rings. The molecule has 0 aliphatic carbocycles. The number of ketones is 1. The third kappa shape index (κ3) is 3.45. The summed E-state index contributed by atoms with van der Waals surface area (Å²) < 4.78 is 31.6. The van der Waals surface area contributed by atoms with Crippen molar-refractivity contribution in [1.82, 2.24) is 0 Å². The van der Waals surface area contributed by atoms with Crippen LogP contribution >= 0.6 is 11.6 Å². The highest BCUT2D eigenvalue weighted by Crippen LogP contribution is 2.22. The summed E-state index contributed by atoms with van der Waals surface area (Å²) in [6.07, 6.45) is 0.345. The maximum Gasteiger partial charge on any atom is 0.195 e. The van der Waals surface area contributed by atoms with Crippen molar-refractivity contribution < 1.29 is 23.1 Å². The number of halogens is 3. The second-order valence-corrected chi connectivity index (χ2v) is 4.48. The van der Waals surface area contributed by atoms with Gasteiger partial charge in [-0.15, -0.1) is 11.6 Å². The van der Waals surface area contributed by atoms with E-state index in [2.05, 4.69) is 5.16 Å². The van der Waals surface area contributed by atoms with Crippen LogP contribution in [0.25, 0.3) is 0 Å². The molecule has 0 amide bonds. The molecule has 0 N–H and O–H groups in total. The van der Waals surface area contributed by atoms with Crippen molar-refractivity contribution in [3.8, 4) is 5.75 Å². The van der Waals surface area contributed by atoms with Crippen molar-refractivity contribution in [2.24, 2.45) is 5.16 Å². The number of oxime groups is 1. The number of nitrogens with zero attached hydrogens (tertiary/aromatic N) is 1. The highest BCUT2D eigenvalue weighted by molar-refractivity contribution is 6.49. The molecular formula is C13H12ClF2NO3. The number of carbonyl (C=O) groups excluding carboxylic acids is 1. The van der Waals surface area contributed by atoms with Crippen LogP contribution in [0.5, 0.6) is 5.75 Å². The van der Waals surface area contributed by atoms with Crippen LogP contribution in [0, 0.1) is 11.6 Å². The van der Waals surface area contributed by atoms with E-state index in [-0.39, 0.29) is 30.1 Å². The summed E-state index contributed by atoms with van der Waals surface area (Å²) in [4.78, 5) is 16.3. The van der Waals surface area contributed by atoms with Crippen LogP contribution in [0.4, 0.5) is 8.78 Å². The zero-order chi connectivity index (χ0) is 14.5. The Kier molecular flexibility index (Phi) is 4.89. The fourth-order valence-electron chi connectivity index (χ4n) is 1.74. The van der Waals surface area contributed by atoms with Crippen LogP contribution < -0.4 is 4.74 Å². The third-order valence-electron chi connectivity index (χ3n) is 2.78. The molecule has 0 bridgehead atoms. The first-order valence-electron chi connectivity index (χ1n) is 6.00. The molecule has 0 spiro atoms. The largest absolute Gasteiger partial charge is 0.487 e. The molecule has 4 nitrogen and oxygen atoms in total. The smallest absolute Gasteiger partial charge is 0.195 e. The Hall–Kier alpha value is -1.69. The fraction of sp³-hybridized carbons (Fsp3) is 0.385. The summed E-state index contributed by atoms with van der Waals surface area (Å²) in [5, 5.41) is 3.63. The molecule has 0 saturated carbocycles. The normalized spacial score (nSPS) is 17.6. The minimum Gasteiger partial charge on any atom is -0.487 e. The van der Waals surface area contributed by atoms with Crippen molar-refractivity contribution in [3.63, 3.8) is 0 Å². The van der Waals surface area contributed by atoms with E-state index in [0.717, 1.165) is 12.1 Å². The lowest BCUT2D eigenvalue weighted by Crippen LogP contribution is -2.18. The zero-order valence-electron chi connectivity index (χ0n) is 10.4. The number of hydrogen-bond donors (Lipinski definition) is 0. The van der Waals surface area contributed by atoms with Gasteiger partial charge in [-0.1, -0.05) is 11.2 Å². The number of Topliss-reactive ketones (excluding diaryl/α,β-unsaturated/α-hetero) is 1. The summed E-state index contributed by atoms with van der Waals surface area (Å²) >= 11 is 5.41. The highest BCUT2D eigenvalue weighted by atomic mass is 35.5. The number of rotatable bonds is 6. The van der Waals surface area contributed by atoms with Crippen molar-refractivity contribution in [2.75, 3.05) is 12.5 Å². The Morgan fingerprint density at radius 2 is 2.15 bits per heavy atom. The van der Waals surface area contributed by atoms with Crippen molar-refractivity contribution in [1.29, 1.82) is 0 Å². The van der Waals surface area contributed by atoms with Crippen molar-refractivity contribution in [2.45, 2.75) is 18.9 Å². The average Bonchev–Trinajstić information content (AvgIpc) is 2.90. The molecule has 0 radical (unpaired) electrons. The zero-order valence-corrected chi connectivity index (χ0v) is 11.2. The number of alkyl halides is 1. The van der Waals surface area contributed by atoms with Gasteiger partial charge in [0.15, 0.2) is 23.2 Å². The average molecular weight is 304 g/mol. The fourth-order valence-corrected chi connectivity index (χ4v) is 1.89.